The zero-order valence-corrected chi connectivity index (χ0v) is 20.7. The second kappa shape index (κ2) is 12.8. The van der Waals surface area contributed by atoms with E-state index in [1.165, 1.54) is 0 Å². The third kappa shape index (κ3) is 8.35. The first-order valence-electron chi connectivity index (χ1n) is 11.9. The number of carbonyl (C=O) groups is 4. The Balaban J connectivity index is 2.28. The molecule has 0 bridgehead atoms. The lowest BCUT2D eigenvalue weighted by atomic mass is 9.91. The molecule has 2 aromatic rings. The van der Waals surface area contributed by atoms with Crippen LogP contribution in [0.5, 0.6) is 0 Å². The number of aliphatic carboxylic acids is 2. The first-order chi connectivity index (χ1) is 16.5. The van der Waals surface area contributed by atoms with Crippen LogP contribution in [0.15, 0.2) is 48.5 Å². The summed E-state index contributed by atoms with van der Waals surface area (Å²) in [5.74, 6) is -5.09. The van der Waals surface area contributed by atoms with Crippen molar-refractivity contribution >= 4 is 23.9 Å². The molecule has 2 rings (SSSR count). The van der Waals surface area contributed by atoms with Crippen LogP contribution in [0.1, 0.15) is 99.3 Å². The molecule has 0 heterocycles. The number of hydrogen-bond acceptors (Lipinski definition) is 5. The molecule has 7 heteroatoms. The van der Waals surface area contributed by atoms with Gasteiger partial charge in [-0.15, -0.1) is 0 Å². The molecule has 0 amide bonds. The minimum absolute atomic E-state index is 0.0225. The number of carbonyl (C=O) groups excluding carboxylic acids is 2. The van der Waals surface area contributed by atoms with E-state index in [9.17, 15) is 19.2 Å². The maximum absolute atomic E-state index is 13.1. The van der Waals surface area contributed by atoms with Gasteiger partial charge in [0, 0.05) is 12.8 Å². The SMILES string of the molecule is CC(C)c1ccc(C(CCC(=O)O)C(=O)OC(=O)C(CCC(=O)O)c2ccc(C(C)C)cc2)cc1. The van der Waals surface area contributed by atoms with Crippen molar-refractivity contribution in [3.63, 3.8) is 0 Å². The summed E-state index contributed by atoms with van der Waals surface area (Å²) >= 11 is 0. The van der Waals surface area contributed by atoms with Crippen molar-refractivity contribution in [2.75, 3.05) is 0 Å². The molecule has 2 N–H and O–H groups in total. The van der Waals surface area contributed by atoms with Gasteiger partial charge in [-0.05, 0) is 46.9 Å². The molecule has 0 spiro atoms. The van der Waals surface area contributed by atoms with Crippen LogP contribution in [0.4, 0.5) is 0 Å². The zero-order chi connectivity index (χ0) is 26.1. The molecule has 0 aliphatic carbocycles. The number of carboxylic acid groups (broad SMARTS) is 2. The monoisotopic (exact) mass is 482 g/mol. The molecule has 0 aliphatic rings. The third-order valence-electron chi connectivity index (χ3n) is 6.07. The number of carboxylic acids is 2. The zero-order valence-electron chi connectivity index (χ0n) is 20.7. The molecule has 188 valence electrons. The smallest absolute Gasteiger partial charge is 0.321 e. The van der Waals surface area contributed by atoms with Crippen molar-refractivity contribution in [3.8, 4) is 0 Å². The van der Waals surface area contributed by atoms with Crippen LogP contribution in [-0.2, 0) is 23.9 Å². The molecule has 2 atom stereocenters. The van der Waals surface area contributed by atoms with E-state index in [0.717, 1.165) is 11.1 Å². The van der Waals surface area contributed by atoms with Crippen LogP contribution in [0, 0.1) is 0 Å². The fraction of sp³-hybridized carbons (Fsp3) is 0.429. The predicted molar refractivity (Wildman–Crippen MR) is 131 cm³/mol. The molecular weight excluding hydrogens is 448 g/mol. The Morgan fingerprint density at radius 3 is 1.14 bits per heavy atom. The highest BCUT2D eigenvalue weighted by atomic mass is 16.6. The highest BCUT2D eigenvalue weighted by Crippen LogP contribution is 2.29. The van der Waals surface area contributed by atoms with Gasteiger partial charge in [0.1, 0.15) is 0 Å². The maximum atomic E-state index is 13.1. The van der Waals surface area contributed by atoms with Crippen LogP contribution >= 0.6 is 0 Å². The van der Waals surface area contributed by atoms with E-state index in [2.05, 4.69) is 0 Å². The molecule has 35 heavy (non-hydrogen) atoms. The lowest BCUT2D eigenvalue weighted by Gasteiger charge is -2.19. The molecule has 0 radical (unpaired) electrons. The van der Waals surface area contributed by atoms with E-state index in [1.54, 1.807) is 24.3 Å². The molecule has 0 fully saturated rings. The van der Waals surface area contributed by atoms with Crippen molar-refractivity contribution in [3.05, 3.63) is 70.8 Å². The second-order valence-corrected chi connectivity index (χ2v) is 9.35. The van der Waals surface area contributed by atoms with Gasteiger partial charge in [0.15, 0.2) is 0 Å². The molecule has 0 aromatic heterocycles. The van der Waals surface area contributed by atoms with Crippen molar-refractivity contribution in [2.45, 2.75) is 77.0 Å². The summed E-state index contributed by atoms with van der Waals surface area (Å²) in [5, 5.41) is 18.3. The van der Waals surface area contributed by atoms with Gasteiger partial charge in [-0.3, -0.25) is 19.2 Å². The Morgan fingerprint density at radius 1 is 0.600 bits per heavy atom. The van der Waals surface area contributed by atoms with Crippen LogP contribution in [0.2, 0.25) is 0 Å². The largest absolute Gasteiger partial charge is 0.481 e. The summed E-state index contributed by atoms with van der Waals surface area (Å²) in [6.07, 6.45) is -0.575. The molecule has 2 unspecified atom stereocenters. The van der Waals surface area contributed by atoms with E-state index in [4.69, 9.17) is 14.9 Å². The van der Waals surface area contributed by atoms with Crippen LogP contribution < -0.4 is 0 Å². The Hall–Kier alpha value is -3.48. The van der Waals surface area contributed by atoms with E-state index in [0.29, 0.717) is 11.1 Å². The Morgan fingerprint density at radius 2 is 0.886 bits per heavy atom. The van der Waals surface area contributed by atoms with E-state index < -0.39 is 35.7 Å². The normalized spacial score (nSPS) is 12.9. The maximum Gasteiger partial charge on any atom is 0.321 e. The van der Waals surface area contributed by atoms with Crippen molar-refractivity contribution in [2.24, 2.45) is 0 Å². The number of hydrogen-bond donors (Lipinski definition) is 2. The Bertz CT molecular complexity index is 937. The standard InChI is InChI=1S/C28H34O7/c1-17(2)19-5-9-21(10-6-19)23(13-15-25(29)30)27(33)35-28(34)24(14-16-26(31)32)22-11-7-20(8-12-22)18(3)4/h5-12,17-18,23-24H,13-16H2,1-4H3,(H,29,30)(H,31,32). The lowest BCUT2D eigenvalue weighted by Crippen LogP contribution is -2.25. The molecular formula is C28H34O7. The van der Waals surface area contributed by atoms with Gasteiger partial charge in [0.2, 0.25) is 0 Å². The van der Waals surface area contributed by atoms with Gasteiger partial charge in [0.05, 0.1) is 11.8 Å². The summed E-state index contributed by atoms with van der Waals surface area (Å²) in [5.41, 5.74) is 3.26. The number of benzene rings is 2. The Labute approximate surface area is 206 Å². The molecule has 0 aliphatic heterocycles. The second-order valence-electron chi connectivity index (χ2n) is 9.35. The average molecular weight is 483 g/mol. The molecule has 2 aromatic carbocycles. The lowest BCUT2D eigenvalue weighted by molar-refractivity contribution is -0.162. The first kappa shape index (κ1) is 27.8. The van der Waals surface area contributed by atoms with Gasteiger partial charge >= 0.3 is 23.9 Å². The van der Waals surface area contributed by atoms with Gasteiger partial charge in [0.25, 0.3) is 0 Å². The minimum Gasteiger partial charge on any atom is -0.481 e. The average Bonchev–Trinajstić information content (AvgIpc) is 2.79. The summed E-state index contributed by atoms with van der Waals surface area (Å²) in [6, 6.07) is 14.5. The topological polar surface area (TPSA) is 118 Å². The number of ether oxygens (including phenoxy) is 1. The summed E-state index contributed by atoms with van der Waals surface area (Å²) in [4.78, 5) is 48.4. The highest BCUT2D eigenvalue weighted by Gasteiger charge is 2.30. The highest BCUT2D eigenvalue weighted by molar-refractivity contribution is 5.92. The van der Waals surface area contributed by atoms with Crippen molar-refractivity contribution < 1.29 is 34.1 Å². The summed E-state index contributed by atoms with van der Waals surface area (Å²) in [7, 11) is 0. The van der Waals surface area contributed by atoms with E-state index >= 15 is 0 Å². The summed E-state index contributed by atoms with van der Waals surface area (Å²) in [6.45, 7) is 8.15. The van der Waals surface area contributed by atoms with Gasteiger partial charge in [-0.2, -0.15) is 0 Å². The fourth-order valence-electron chi connectivity index (χ4n) is 3.84. The minimum atomic E-state index is -1.06. The van der Waals surface area contributed by atoms with Crippen molar-refractivity contribution in [1.82, 2.24) is 0 Å². The van der Waals surface area contributed by atoms with Crippen LogP contribution in [0.25, 0.3) is 0 Å². The predicted octanol–water partition coefficient (Wildman–Crippen LogP) is 5.60. The third-order valence-corrected chi connectivity index (χ3v) is 6.07. The van der Waals surface area contributed by atoms with Crippen LogP contribution in [-0.4, -0.2) is 34.1 Å². The van der Waals surface area contributed by atoms with E-state index in [1.807, 2.05) is 52.0 Å². The number of rotatable bonds is 12. The molecule has 0 saturated heterocycles. The van der Waals surface area contributed by atoms with Crippen LogP contribution in [0.3, 0.4) is 0 Å². The molecule has 7 nitrogen and oxygen atoms in total. The Kier molecular flexibility index (Phi) is 10.2. The van der Waals surface area contributed by atoms with E-state index in [-0.39, 0.29) is 37.5 Å². The van der Waals surface area contributed by atoms with Crippen molar-refractivity contribution in [1.29, 1.82) is 0 Å². The van der Waals surface area contributed by atoms with Gasteiger partial charge < -0.3 is 14.9 Å². The van der Waals surface area contributed by atoms with Gasteiger partial charge in [-0.1, -0.05) is 76.2 Å². The molecule has 0 saturated carbocycles. The fourth-order valence-corrected chi connectivity index (χ4v) is 3.84. The first-order valence-corrected chi connectivity index (χ1v) is 11.9. The number of esters is 2. The summed E-state index contributed by atoms with van der Waals surface area (Å²) < 4.78 is 5.24. The van der Waals surface area contributed by atoms with Gasteiger partial charge in [-0.25, -0.2) is 0 Å². The quantitative estimate of drug-likeness (QED) is 0.299.